The second kappa shape index (κ2) is 7.49. The van der Waals surface area contributed by atoms with Crippen LogP contribution in [0.4, 0.5) is 5.69 Å². The number of carbonyl (C=O) groups excluding carboxylic acids is 1. The van der Waals surface area contributed by atoms with Crippen LogP contribution in [0.1, 0.15) is 20.5 Å². The smallest absolute Gasteiger partial charge is 0.255 e. The lowest BCUT2D eigenvalue weighted by Gasteiger charge is -2.11. The average Bonchev–Trinajstić information content (AvgIpc) is 3.10. The predicted molar refractivity (Wildman–Crippen MR) is 100 cm³/mol. The summed E-state index contributed by atoms with van der Waals surface area (Å²) in [7, 11) is 0. The minimum Gasteiger partial charge on any atom is -0.322 e. The molecule has 2 aromatic rings. The maximum absolute atomic E-state index is 12.3. The van der Waals surface area contributed by atoms with E-state index >= 15 is 0 Å². The molecule has 114 valence electrons. The van der Waals surface area contributed by atoms with Crippen molar-refractivity contribution >= 4 is 46.9 Å². The lowest BCUT2D eigenvalue weighted by molar-refractivity contribution is 0.102. The van der Waals surface area contributed by atoms with Crippen LogP contribution in [0.25, 0.3) is 0 Å². The van der Waals surface area contributed by atoms with Gasteiger partial charge in [-0.15, -0.1) is 35.3 Å². The van der Waals surface area contributed by atoms with Crippen molar-refractivity contribution in [2.24, 2.45) is 0 Å². The molecule has 2 nitrogen and oxygen atoms in total. The standard InChI is InChI=1S/C17H17NOS3/c1-20-15-7-5-12(6-8-15)16(19)18-14-4-2-3-13(11-14)17-21-9-10-22-17/h2-8,11,17H,9-10H2,1H3,(H,18,19). The summed E-state index contributed by atoms with van der Waals surface area (Å²) >= 11 is 5.62. The number of anilines is 1. The van der Waals surface area contributed by atoms with Gasteiger partial charge in [0.15, 0.2) is 0 Å². The molecule has 1 fully saturated rings. The van der Waals surface area contributed by atoms with Crippen molar-refractivity contribution < 1.29 is 4.79 Å². The van der Waals surface area contributed by atoms with Crippen molar-refractivity contribution in [2.45, 2.75) is 9.48 Å². The van der Waals surface area contributed by atoms with Gasteiger partial charge in [0, 0.05) is 27.7 Å². The number of nitrogens with one attached hydrogen (secondary N) is 1. The van der Waals surface area contributed by atoms with Crippen LogP contribution in [0.2, 0.25) is 0 Å². The zero-order chi connectivity index (χ0) is 15.4. The molecule has 1 aliphatic heterocycles. The average molecular weight is 348 g/mol. The molecule has 1 amide bonds. The molecule has 2 aromatic carbocycles. The molecule has 0 bridgehead atoms. The Balaban J connectivity index is 1.71. The predicted octanol–water partition coefficient (Wildman–Crippen LogP) is 5.14. The number of carbonyl (C=O) groups is 1. The summed E-state index contributed by atoms with van der Waals surface area (Å²) in [6.07, 6.45) is 2.03. The van der Waals surface area contributed by atoms with Gasteiger partial charge in [0.25, 0.3) is 5.91 Å². The molecule has 5 heteroatoms. The summed E-state index contributed by atoms with van der Waals surface area (Å²) < 4.78 is 0.498. The molecule has 0 unspecified atom stereocenters. The van der Waals surface area contributed by atoms with Gasteiger partial charge < -0.3 is 5.32 Å². The highest BCUT2D eigenvalue weighted by Crippen LogP contribution is 2.45. The molecule has 0 aliphatic carbocycles. The van der Waals surface area contributed by atoms with E-state index in [2.05, 4.69) is 17.4 Å². The summed E-state index contributed by atoms with van der Waals surface area (Å²) in [5.74, 6) is 2.35. The molecule has 1 N–H and O–H groups in total. The zero-order valence-corrected chi connectivity index (χ0v) is 14.7. The third-order valence-electron chi connectivity index (χ3n) is 3.39. The Hall–Kier alpha value is -1.04. The van der Waals surface area contributed by atoms with Gasteiger partial charge in [0.2, 0.25) is 0 Å². The fourth-order valence-electron chi connectivity index (χ4n) is 2.26. The largest absolute Gasteiger partial charge is 0.322 e. The Morgan fingerprint density at radius 1 is 1.14 bits per heavy atom. The Morgan fingerprint density at radius 3 is 2.55 bits per heavy atom. The first-order valence-electron chi connectivity index (χ1n) is 7.05. The molecule has 0 spiro atoms. The van der Waals surface area contributed by atoms with Crippen LogP contribution in [0.15, 0.2) is 53.4 Å². The van der Waals surface area contributed by atoms with Crippen LogP contribution < -0.4 is 5.32 Å². The number of benzene rings is 2. The summed E-state index contributed by atoms with van der Waals surface area (Å²) in [6.45, 7) is 0. The van der Waals surface area contributed by atoms with Crippen LogP contribution >= 0.6 is 35.3 Å². The monoisotopic (exact) mass is 347 g/mol. The molecular formula is C17H17NOS3. The third kappa shape index (κ3) is 3.83. The zero-order valence-electron chi connectivity index (χ0n) is 12.2. The van der Waals surface area contributed by atoms with Gasteiger partial charge in [-0.3, -0.25) is 4.79 Å². The maximum atomic E-state index is 12.3. The molecule has 1 saturated heterocycles. The van der Waals surface area contributed by atoms with Gasteiger partial charge in [-0.1, -0.05) is 12.1 Å². The van der Waals surface area contributed by atoms with E-state index < -0.39 is 0 Å². The molecule has 1 aliphatic rings. The lowest BCUT2D eigenvalue weighted by atomic mass is 10.2. The first-order valence-corrected chi connectivity index (χ1v) is 10.4. The Labute approximate surface area is 143 Å². The molecule has 3 rings (SSSR count). The maximum Gasteiger partial charge on any atom is 0.255 e. The van der Waals surface area contributed by atoms with Crippen molar-refractivity contribution in [1.29, 1.82) is 0 Å². The van der Waals surface area contributed by atoms with Gasteiger partial charge >= 0.3 is 0 Å². The van der Waals surface area contributed by atoms with E-state index in [1.807, 2.05) is 66.2 Å². The molecule has 0 atom stereocenters. The van der Waals surface area contributed by atoms with Gasteiger partial charge in [-0.05, 0) is 48.2 Å². The first-order chi connectivity index (χ1) is 10.8. The highest BCUT2D eigenvalue weighted by atomic mass is 32.2. The fourth-order valence-corrected chi connectivity index (χ4v) is 5.51. The minimum absolute atomic E-state index is 0.0588. The fraction of sp³-hybridized carbons (Fsp3) is 0.235. The summed E-state index contributed by atoms with van der Waals surface area (Å²) in [4.78, 5) is 13.5. The first kappa shape index (κ1) is 15.8. The van der Waals surface area contributed by atoms with Gasteiger partial charge in [-0.25, -0.2) is 0 Å². The van der Waals surface area contributed by atoms with Gasteiger partial charge in [0.1, 0.15) is 0 Å². The van der Waals surface area contributed by atoms with E-state index in [0.29, 0.717) is 10.1 Å². The van der Waals surface area contributed by atoms with Gasteiger partial charge in [0.05, 0.1) is 4.58 Å². The van der Waals surface area contributed by atoms with Crippen molar-refractivity contribution in [3.63, 3.8) is 0 Å². The van der Waals surface area contributed by atoms with Crippen LogP contribution in [-0.4, -0.2) is 23.7 Å². The van der Waals surface area contributed by atoms with Crippen LogP contribution in [-0.2, 0) is 0 Å². The Morgan fingerprint density at radius 2 is 1.86 bits per heavy atom. The summed E-state index contributed by atoms with van der Waals surface area (Å²) in [6, 6.07) is 15.9. The highest BCUT2D eigenvalue weighted by molar-refractivity contribution is 8.19. The minimum atomic E-state index is -0.0588. The number of thioether (sulfide) groups is 3. The Bertz CT molecular complexity index is 651. The van der Waals surface area contributed by atoms with Crippen molar-refractivity contribution in [1.82, 2.24) is 0 Å². The molecular weight excluding hydrogens is 330 g/mol. The van der Waals surface area contributed by atoms with Crippen molar-refractivity contribution in [2.75, 3.05) is 23.1 Å². The summed E-state index contributed by atoms with van der Waals surface area (Å²) in [5.41, 5.74) is 2.83. The van der Waals surface area contributed by atoms with Crippen LogP contribution in [0.3, 0.4) is 0 Å². The van der Waals surface area contributed by atoms with E-state index in [4.69, 9.17) is 0 Å². The number of hydrogen-bond donors (Lipinski definition) is 1. The Kier molecular flexibility index (Phi) is 5.39. The summed E-state index contributed by atoms with van der Waals surface area (Å²) in [5, 5.41) is 3.00. The molecule has 0 radical (unpaired) electrons. The van der Waals surface area contributed by atoms with E-state index in [-0.39, 0.29) is 5.91 Å². The van der Waals surface area contributed by atoms with E-state index in [1.54, 1.807) is 11.8 Å². The molecule has 0 saturated carbocycles. The SMILES string of the molecule is CSc1ccc(C(=O)Nc2cccc(C3SCCS3)c2)cc1. The molecule has 22 heavy (non-hydrogen) atoms. The topological polar surface area (TPSA) is 29.1 Å². The number of hydrogen-bond acceptors (Lipinski definition) is 4. The third-order valence-corrected chi connectivity index (χ3v) is 7.24. The van der Waals surface area contributed by atoms with Crippen LogP contribution in [0.5, 0.6) is 0 Å². The van der Waals surface area contributed by atoms with E-state index in [9.17, 15) is 4.79 Å². The molecule has 1 heterocycles. The van der Waals surface area contributed by atoms with Crippen LogP contribution in [0, 0.1) is 0 Å². The van der Waals surface area contributed by atoms with E-state index in [0.717, 1.165) is 10.6 Å². The second-order valence-corrected chi connectivity index (χ2v) is 8.49. The van der Waals surface area contributed by atoms with Gasteiger partial charge in [-0.2, -0.15) is 0 Å². The second-order valence-electron chi connectivity index (χ2n) is 4.88. The van der Waals surface area contributed by atoms with E-state index in [1.165, 1.54) is 17.1 Å². The lowest BCUT2D eigenvalue weighted by Crippen LogP contribution is -2.11. The van der Waals surface area contributed by atoms with Crippen molar-refractivity contribution in [3.8, 4) is 0 Å². The molecule has 0 aromatic heterocycles. The number of amides is 1. The normalized spacial score (nSPS) is 15.0. The van der Waals surface area contributed by atoms with Crippen molar-refractivity contribution in [3.05, 3.63) is 59.7 Å². The number of rotatable bonds is 4. The quantitative estimate of drug-likeness (QED) is 0.776. The highest BCUT2D eigenvalue weighted by Gasteiger charge is 2.18.